The van der Waals surface area contributed by atoms with Gasteiger partial charge in [-0.05, 0) is 32.6 Å². The van der Waals surface area contributed by atoms with Crippen LogP contribution in [0.5, 0.6) is 0 Å². The molecule has 1 heterocycles. The monoisotopic (exact) mass is 239 g/mol. The van der Waals surface area contributed by atoms with E-state index in [2.05, 4.69) is 31.1 Å². The van der Waals surface area contributed by atoms with Gasteiger partial charge in [-0.25, -0.2) is 0 Å². The summed E-state index contributed by atoms with van der Waals surface area (Å²) >= 11 is 0. The molecule has 0 aromatic carbocycles. The molecule has 0 bridgehead atoms. The normalized spacial score (nSPS) is 13.1. The Balaban J connectivity index is 2.43. The molecule has 0 amide bonds. The third kappa shape index (κ3) is 6.41. The zero-order valence-electron chi connectivity index (χ0n) is 11.9. The average molecular weight is 239 g/mol. The van der Waals surface area contributed by atoms with E-state index in [1.807, 2.05) is 31.6 Å². The van der Waals surface area contributed by atoms with E-state index >= 15 is 0 Å². The molecule has 0 aliphatic rings. The second-order valence-electron chi connectivity index (χ2n) is 6.68. The van der Waals surface area contributed by atoms with E-state index in [9.17, 15) is 0 Å². The second kappa shape index (κ2) is 5.17. The van der Waals surface area contributed by atoms with Crippen molar-refractivity contribution in [2.75, 3.05) is 0 Å². The standard InChI is InChI=1S/C13H25N3O/c1-12(2,3)7-8-16-9-11(14-15-16)10-17-13(4,5)6/h9H,7-8,10H2,1-6H3. The highest BCUT2D eigenvalue weighted by molar-refractivity contribution is 4.90. The molecule has 0 N–H and O–H groups in total. The van der Waals surface area contributed by atoms with Crippen molar-refractivity contribution >= 4 is 0 Å². The largest absolute Gasteiger partial charge is 0.369 e. The average Bonchev–Trinajstić information content (AvgIpc) is 2.57. The topological polar surface area (TPSA) is 39.9 Å². The zero-order chi connectivity index (χ0) is 13.1. The first-order valence-corrected chi connectivity index (χ1v) is 6.19. The van der Waals surface area contributed by atoms with E-state index in [4.69, 9.17) is 4.74 Å². The summed E-state index contributed by atoms with van der Waals surface area (Å²) < 4.78 is 7.55. The fraction of sp³-hybridized carbons (Fsp3) is 0.846. The van der Waals surface area contributed by atoms with Crippen molar-refractivity contribution in [3.8, 4) is 0 Å². The van der Waals surface area contributed by atoms with Gasteiger partial charge in [0, 0.05) is 6.54 Å². The van der Waals surface area contributed by atoms with Crippen LogP contribution in [-0.4, -0.2) is 20.6 Å². The van der Waals surface area contributed by atoms with Crippen LogP contribution in [0.2, 0.25) is 0 Å². The predicted octanol–water partition coefficient (Wildman–Crippen LogP) is 3.03. The Labute approximate surface area is 104 Å². The minimum Gasteiger partial charge on any atom is -0.369 e. The van der Waals surface area contributed by atoms with Crippen LogP contribution in [0, 0.1) is 5.41 Å². The quantitative estimate of drug-likeness (QED) is 0.810. The first kappa shape index (κ1) is 14.2. The summed E-state index contributed by atoms with van der Waals surface area (Å²) in [5.74, 6) is 0. The highest BCUT2D eigenvalue weighted by atomic mass is 16.5. The second-order valence-corrected chi connectivity index (χ2v) is 6.68. The maximum Gasteiger partial charge on any atom is 0.108 e. The first-order chi connectivity index (χ1) is 7.66. The lowest BCUT2D eigenvalue weighted by Gasteiger charge is -2.18. The Morgan fingerprint density at radius 2 is 1.82 bits per heavy atom. The Morgan fingerprint density at radius 1 is 1.18 bits per heavy atom. The molecule has 0 atom stereocenters. The number of aromatic nitrogens is 3. The molecule has 0 aliphatic heterocycles. The van der Waals surface area contributed by atoms with E-state index in [0.29, 0.717) is 12.0 Å². The lowest BCUT2D eigenvalue weighted by atomic mass is 9.92. The number of aryl methyl sites for hydroxylation is 1. The molecule has 1 aromatic rings. The van der Waals surface area contributed by atoms with Gasteiger partial charge in [-0.3, -0.25) is 4.68 Å². The Morgan fingerprint density at radius 3 is 2.35 bits per heavy atom. The third-order valence-electron chi connectivity index (χ3n) is 2.33. The lowest BCUT2D eigenvalue weighted by molar-refractivity contribution is -0.0165. The molecule has 1 aromatic heterocycles. The van der Waals surface area contributed by atoms with Gasteiger partial charge < -0.3 is 4.74 Å². The first-order valence-electron chi connectivity index (χ1n) is 6.19. The van der Waals surface area contributed by atoms with Gasteiger partial charge in [0.1, 0.15) is 5.69 Å². The van der Waals surface area contributed by atoms with E-state index < -0.39 is 0 Å². The molecule has 0 saturated carbocycles. The molecule has 0 unspecified atom stereocenters. The van der Waals surface area contributed by atoms with Gasteiger partial charge >= 0.3 is 0 Å². The Kier molecular flexibility index (Phi) is 4.31. The van der Waals surface area contributed by atoms with Crippen molar-refractivity contribution < 1.29 is 4.74 Å². The summed E-state index contributed by atoms with van der Waals surface area (Å²) in [7, 11) is 0. The Bertz CT molecular complexity index is 312. The van der Waals surface area contributed by atoms with Crippen LogP contribution in [0.25, 0.3) is 0 Å². The van der Waals surface area contributed by atoms with Crippen LogP contribution < -0.4 is 0 Å². The molecule has 0 radical (unpaired) electrons. The molecule has 0 spiro atoms. The van der Waals surface area contributed by atoms with Crippen molar-refractivity contribution in [3.63, 3.8) is 0 Å². The molecular formula is C13H25N3O. The third-order valence-corrected chi connectivity index (χ3v) is 2.33. The van der Waals surface area contributed by atoms with Crippen LogP contribution >= 0.6 is 0 Å². The summed E-state index contributed by atoms with van der Waals surface area (Å²) in [5, 5.41) is 8.21. The molecule has 98 valence electrons. The lowest BCUT2D eigenvalue weighted by Crippen LogP contribution is -2.18. The number of rotatable bonds is 4. The van der Waals surface area contributed by atoms with Crippen LogP contribution in [0.4, 0.5) is 0 Å². The molecule has 4 heteroatoms. The van der Waals surface area contributed by atoms with Crippen molar-refractivity contribution in [3.05, 3.63) is 11.9 Å². The number of hydrogen-bond acceptors (Lipinski definition) is 3. The van der Waals surface area contributed by atoms with Crippen molar-refractivity contribution in [1.82, 2.24) is 15.0 Å². The maximum absolute atomic E-state index is 5.66. The smallest absolute Gasteiger partial charge is 0.108 e. The SMILES string of the molecule is CC(C)(C)CCn1cc(COC(C)(C)C)nn1. The van der Waals surface area contributed by atoms with E-state index in [1.54, 1.807) is 0 Å². The van der Waals surface area contributed by atoms with Gasteiger partial charge in [-0.15, -0.1) is 5.10 Å². The molecule has 0 aliphatic carbocycles. The van der Waals surface area contributed by atoms with Gasteiger partial charge in [0.25, 0.3) is 0 Å². The van der Waals surface area contributed by atoms with Crippen LogP contribution in [0.1, 0.15) is 53.7 Å². The van der Waals surface area contributed by atoms with Gasteiger partial charge in [-0.2, -0.15) is 0 Å². The summed E-state index contributed by atoms with van der Waals surface area (Å²) in [6, 6.07) is 0. The molecular weight excluding hydrogens is 214 g/mol. The molecule has 1 rings (SSSR count). The van der Waals surface area contributed by atoms with Gasteiger partial charge in [-0.1, -0.05) is 26.0 Å². The van der Waals surface area contributed by atoms with Crippen molar-refractivity contribution in [1.29, 1.82) is 0 Å². The van der Waals surface area contributed by atoms with Crippen LogP contribution in [0.3, 0.4) is 0 Å². The van der Waals surface area contributed by atoms with E-state index in [1.165, 1.54) is 0 Å². The predicted molar refractivity (Wildman–Crippen MR) is 68.6 cm³/mol. The van der Waals surface area contributed by atoms with E-state index in [-0.39, 0.29) is 5.60 Å². The van der Waals surface area contributed by atoms with Gasteiger partial charge in [0.05, 0.1) is 18.4 Å². The number of hydrogen-bond donors (Lipinski definition) is 0. The fourth-order valence-electron chi connectivity index (χ4n) is 1.25. The minimum absolute atomic E-state index is 0.130. The van der Waals surface area contributed by atoms with Gasteiger partial charge in [0.15, 0.2) is 0 Å². The van der Waals surface area contributed by atoms with Crippen LogP contribution in [0.15, 0.2) is 6.20 Å². The molecule has 17 heavy (non-hydrogen) atoms. The molecule has 0 saturated heterocycles. The summed E-state index contributed by atoms with van der Waals surface area (Å²) in [4.78, 5) is 0. The van der Waals surface area contributed by atoms with E-state index in [0.717, 1.165) is 18.7 Å². The summed E-state index contributed by atoms with van der Waals surface area (Å²) in [5.41, 5.74) is 1.09. The highest BCUT2D eigenvalue weighted by Crippen LogP contribution is 2.19. The molecule has 4 nitrogen and oxygen atoms in total. The maximum atomic E-state index is 5.66. The summed E-state index contributed by atoms with van der Waals surface area (Å²) in [6.45, 7) is 14.2. The Hall–Kier alpha value is -0.900. The number of ether oxygens (including phenoxy) is 1. The zero-order valence-corrected chi connectivity index (χ0v) is 11.9. The summed E-state index contributed by atoms with van der Waals surface area (Å²) in [6.07, 6.45) is 3.06. The fourth-order valence-corrected chi connectivity index (χ4v) is 1.25. The number of nitrogens with zero attached hydrogens (tertiary/aromatic N) is 3. The molecule has 0 fully saturated rings. The van der Waals surface area contributed by atoms with Crippen LogP contribution in [-0.2, 0) is 17.9 Å². The van der Waals surface area contributed by atoms with Crippen molar-refractivity contribution in [2.45, 2.75) is 66.7 Å². The highest BCUT2D eigenvalue weighted by Gasteiger charge is 2.13. The van der Waals surface area contributed by atoms with Crippen molar-refractivity contribution in [2.24, 2.45) is 5.41 Å². The minimum atomic E-state index is -0.130. The van der Waals surface area contributed by atoms with Gasteiger partial charge in [0.2, 0.25) is 0 Å².